The lowest BCUT2D eigenvalue weighted by Gasteiger charge is -2.33. The number of aliphatic imine (C=N–C) groups is 1. The van der Waals surface area contributed by atoms with Gasteiger partial charge in [-0.25, -0.2) is 9.37 Å². The molecule has 7 heteroatoms. The molecule has 0 aromatic rings. The largest absolute Gasteiger partial charge is 0.358 e. The van der Waals surface area contributed by atoms with E-state index in [9.17, 15) is 9.59 Å². The first-order chi connectivity index (χ1) is 12.1. The monoisotopic (exact) mass is 365 g/mol. The molecule has 1 fully saturated rings. The summed E-state index contributed by atoms with van der Waals surface area (Å²) < 4.78 is 2.05. The highest BCUT2D eigenvalue weighted by molar-refractivity contribution is 8.13. The van der Waals surface area contributed by atoms with Crippen molar-refractivity contribution in [2.45, 2.75) is 64.3 Å². The third-order valence-electron chi connectivity index (χ3n) is 5.17. The van der Waals surface area contributed by atoms with Gasteiger partial charge in [0.2, 0.25) is 0 Å². The molecule has 0 N–H and O–H groups in total. The van der Waals surface area contributed by atoms with Crippen molar-refractivity contribution in [2.75, 3.05) is 25.9 Å². The van der Waals surface area contributed by atoms with Crippen molar-refractivity contribution in [3.8, 4) is 0 Å². The molecular weight excluding hydrogens is 336 g/mol. The van der Waals surface area contributed by atoms with Gasteiger partial charge in [-0.2, -0.15) is 0 Å². The normalized spacial score (nSPS) is 22.6. The van der Waals surface area contributed by atoms with E-state index >= 15 is 0 Å². The number of nitrogens with zero attached hydrogens (tertiary/aromatic N) is 4. The van der Waals surface area contributed by atoms with Crippen LogP contribution in [-0.2, 0) is 4.79 Å². The van der Waals surface area contributed by atoms with Crippen molar-refractivity contribution in [1.29, 1.82) is 0 Å². The summed E-state index contributed by atoms with van der Waals surface area (Å²) >= 11 is 1.66. The van der Waals surface area contributed by atoms with Gasteiger partial charge in [-0.1, -0.05) is 51.9 Å². The Morgan fingerprint density at radius 3 is 2.52 bits per heavy atom. The number of amidine groups is 2. The summed E-state index contributed by atoms with van der Waals surface area (Å²) in [5.74, 6) is 1.47. The van der Waals surface area contributed by atoms with E-state index in [1.165, 1.54) is 43.4 Å². The Bertz CT molecular complexity index is 602. The fourth-order valence-corrected chi connectivity index (χ4v) is 4.67. The standard InChI is InChI=1S/C18H29N4O2S/c1-3-4-5-6-7-8-9-10-11-22-16(23)14-15(20(2)18(22)24)19-17-21(14)12-13-25-17/h14H,3-13H2,1-2H3/q+1. The van der Waals surface area contributed by atoms with Crippen LogP contribution in [0.4, 0.5) is 4.79 Å². The fourth-order valence-electron chi connectivity index (χ4n) is 3.68. The van der Waals surface area contributed by atoms with E-state index in [2.05, 4.69) is 11.9 Å². The third-order valence-corrected chi connectivity index (χ3v) is 6.14. The van der Waals surface area contributed by atoms with Gasteiger partial charge in [0.05, 0.1) is 6.54 Å². The molecule has 3 aliphatic rings. The molecule has 3 aliphatic heterocycles. The zero-order valence-corrected chi connectivity index (χ0v) is 16.2. The number of thioether (sulfide) groups is 1. The molecule has 0 radical (unpaired) electrons. The third kappa shape index (κ3) is 3.76. The van der Waals surface area contributed by atoms with Gasteiger partial charge in [0, 0.05) is 19.3 Å². The second-order valence-electron chi connectivity index (χ2n) is 7.00. The van der Waals surface area contributed by atoms with Crippen molar-refractivity contribution < 1.29 is 14.2 Å². The first-order valence-corrected chi connectivity index (χ1v) is 10.6. The molecule has 25 heavy (non-hydrogen) atoms. The van der Waals surface area contributed by atoms with Gasteiger partial charge >= 0.3 is 11.2 Å². The Kier molecular flexibility index (Phi) is 6.15. The Morgan fingerprint density at radius 2 is 1.80 bits per heavy atom. The van der Waals surface area contributed by atoms with Crippen LogP contribution in [0.2, 0.25) is 0 Å². The van der Waals surface area contributed by atoms with Gasteiger partial charge in [-0.3, -0.25) is 14.6 Å². The fraction of sp³-hybridized carbons (Fsp3) is 0.778. The Morgan fingerprint density at radius 1 is 1.12 bits per heavy atom. The van der Waals surface area contributed by atoms with Crippen LogP contribution in [0.25, 0.3) is 0 Å². The summed E-state index contributed by atoms with van der Waals surface area (Å²) in [6.07, 6.45) is 9.62. The number of likely N-dealkylation sites (N-methyl/N-ethyl adjacent to an activating group) is 1. The van der Waals surface area contributed by atoms with Crippen LogP contribution >= 0.6 is 11.8 Å². The topological polar surface area (TPSA) is 56.0 Å². The van der Waals surface area contributed by atoms with Crippen molar-refractivity contribution in [3.05, 3.63) is 0 Å². The molecule has 3 rings (SSSR count). The predicted octanol–water partition coefficient (Wildman–Crippen LogP) is 2.92. The highest BCUT2D eigenvalue weighted by Gasteiger charge is 2.55. The van der Waals surface area contributed by atoms with E-state index in [0.717, 1.165) is 30.3 Å². The summed E-state index contributed by atoms with van der Waals surface area (Å²) in [4.78, 5) is 32.9. The number of imide groups is 1. The minimum Gasteiger partial charge on any atom is -0.269 e. The van der Waals surface area contributed by atoms with Crippen LogP contribution in [0.15, 0.2) is 4.99 Å². The minimum atomic E-state index is -0.387. The first kappa shape index (κ1) is 18.4. The Balaban J connectivity index is 1.50. The number of amides is 3. The van der Waals surface area contributed by atoms with E-state index < -0.39 is 0 Å². The number of carbonyl (C=O) groups is 2. The van der Waals surface area contributed by atoms with Gasteiger partial charge in [0.1, 0.15) is 0 Å². The molecule has 0 spiro atoms. The maximum Gasteiger partial charge on any atom is 0.358 e. The van der Waals surface area contributed by atoms with Gasteiger partial charge in [-0.05, 0) is 23.2 Å². The molecule has 3 amide bonds. The lowest BCUT2D eigenvalue weighted by Crippen LogP contribution is -2.62. The number of fused-ring (bicyclic) bond motifs is 2. The summed E-state index contributed by atoms with van der Waals surface area (Å²) in [6, 6.07) is -0.614. The van der Waals surface area contributed by atoms with Crippen molar-refractivity contribution in [2.24, 2.45) is 4.99 Å². The summed E-state index contributed by atoms with van der Waals surface area (Å²) in [5.41, 5.74) is 0. The van der Waals surface area contributed by atoms with Crippen molar-refractivity contribution in [3.63, 3.8) is 0 Å². The van der Waals surface area contributed by atoms with E-state index in [1.54, 1.807) is 23.7 Å². The Hall–Kier alpha value is -1.37. The molecule has 0 aromatic carbocycles. The maximum absolute atomic E-state index is 12.9. The van der Waals surface area contributed by atoms with Crippen LogP contribution in [0, 0.1) is 0 Å². The molecule has 0 aromatic heterocycles. The highest BCUT2D eigenvalue weighted by Crippen LogP contribution is 2.27. The molecule has 0 bridgehead atoms. The van der Waals surface area contributed by atoms with Crippen molar-refractivity contribution in [1.82, 2.24) is 9.80 Å². The molecule has 138 valence electrons. The zero-order chi connectivity index (χ0) is 17.8. The lowest BCUT2D eigenvalue weighted by molar-refractivity contribution is -0.525. The summed E-state index contributed by atoms with van der Waals surface area (Å²) in [6.45, 7) is 3.58. The van der Waals surface area contributed by atoms with E-state index in [0.29, 0.717) is 12.4 Å². The number of carbonyl (C=O) groups excluding carboxylic acids is 2. The highest BCUT2D eigenvalue weighted by atomic mass is 32.2. The average Bonchev–Trinajstić information content (AvgIpc) is 3.18. The second-order valence-corrected chi connectivity index (χ2v) is 8.07. The number of hydrogen-bond donors (Lipinski definition) is 0. The van der Waals surface area contributed by atoms with E-state index in [-0.39, 0.29) is 18.0 Å². The van der Waals surface area contributed by atoms with Gasteiger partial charge in [0.15, 0.2) is 0 Å². The van der Waals surface area contributed by atoms with Crippen LogP contribution in [0.5, 0.6) is 0 Å². The second kappa shape index (κ2) is 8.34. The smallest absolute Gasteiger partial charge is 0.269 e. The number of urea groups is 1. The van der Waals surface area contributed by atoms with Crippen LogP contribution in [0.3, 0.4) is 0 Å². The van der Waals surface area contributed by atoms with Crippen LogP contribution in [0.1, 0.15) is 58.3 Å². The van der Waals surface area contributed by atoms with Gasteiger partial charge in [0.25, 0.3) is 17.8 Å². The van der Waals surface area contributed by atoms with Gasteiger partial charge in [-0.15, -0.1) is 0 Å². The summed E-state index contributed by atoms with van der Waals surface area (Å²) in [5, 5.41) is 0.891. The lowest BCUT2D eigenvalue weighted by atomic mass is 10.1. The number of hydrogen-bond acceptors (Lipinski definition) is 4. The maximum atomic E-state index is 12.9. The first-order valence-electron chi connectivity index (χ1n) is 9.59. The molecule has 6 nitrogen and oxygen atoms in total. The SMILES string of the molecule is CCCCCCCCCCN1C(=O)C2C(=NC3=[N+]2CCS3)N(C)C1=O. The van der Waals surface area contributed by atoms with Gasteiger partial charge < -0.3 is 0 Å². The van der Waals surface area contributed by atoms with E-state index in [1.807, 2.05) is 4.58 Å². The number of unbranched alkanes of at least 4 members (excludes halogenated alkanes) is 7. The molecule has 0 saturated carbocycles. The number of rotatable bonds is 9. The van der Waals surface area contributed by atoms with Crippen LogP contribution < -0.4 is 0 Å². The molecule has 1 saturated heterocycles. The summed E-state index contributed by atoms with van der Waals surface area (Å²) in [7, 11) is 1.73. The molecule has 3 heterocycles. The zero-order valence-electron chi connectivity index (χ0n) is 15.4. The van der Waals surface area contributed by atoms with Crippen molar-refractivity contribution >= 4 is 34.7 Å². The van der Waals surface area contributed by atoms with Crippen LogP contribution in [-0.4, -0.2) is 69.2 Å². The Labute approximate surface area is 154 Å². The molecule has 1 atom stereocenters. The average molecular weight is 366 g/mol. The molecule has 1 unspecified atom stereocenters. The minimum absolute atomic E-state index is 0.0951. The van der Waals surface area contributed by atoms with E-state index in [4.69, 9.17) is 0 Å². The molecular formula is C18H29N4O2S+. The quantitative estimate of drug-likeness (QED) is 0.466. The predicted molar refractivity (Wildman–Crippen MR) is 101 cm³/mol. The molecule has 0 aliphatic carbocycles.